The molecular weight excluding hydrogens is 482 g/mol. The van der Waals surface area contributed by atoms with Crippen LogP contribution < -0.4 is 10.2 Å². The van der Waals surface area contributed by atoms with Crippen LogP contribution >= 0.6 is 11.6 Å². The van der Waals surface area contributed by atoms with Gasteiger partial charge in [-0.2, -0.15) is 0 Å². The van der Waals surface area contributed by atoms with Crippen molar-refractivity contribution in [2.45, 2.75) is 51.5 Å². The average molecular weight is 514 g/mol. The number of anilines is 1. The van der Waals surface area contributed by atoms with E-state index in [0.29, 0.717) is 30.3 Å². The number of pyridine rings is 1. The number of nitrogens with one attached hydrogen (secondary N) is 2. The van der Waals surface area contributed by atoms with Crippen LogP contribution in [0.3, 0.4) is 0 Å². The van der Waals surface area contributed by atoms with Gasteiger partial charge in [-0.25, -0.2) is 0 Å². The Kier molecular flexibility index (Phi) is 6.67. The standard InChI is InChI=1S/C26H32ClN5O4/c1-15-10-31(11-16(2)36-15)23(33)12-32(25(34)21-13-35-26(3,4)14-29-21)22-8-17(27)7-19-18-5-6-28-9-20(18)30-24(19)22/h5-9,15-16,21,29-30H,10-14H2,1-4H3/t15-,16+,21-/m0/s1. The van der Waals surface area contributed by atoms with Crippen LogP contribution in [0, 0.1) is 0 Å². The van der Waals surface area contributed by atoms with Crippen molar-refractivity contribution in [3.05, 3.63) is 35.6 Å². The monoisotopic (exact) mass is 513 g/mol. The number of aromatic nitrogens is 2. The van der Waals surface area contributed by atoms with Gasteiger partial charge >= 0.3 is 0 Å². The Morgan fingerprint density at radius 3 is 2.67 bits per heavy atom. The van der Waals surface area contributed by atoms with Crippen molar-refractivity contribution < 1.29 is 19.1 Å². The number of carbonyl (C=O) groups is 2. The van der Waals surface area contributed by atoms with Gasteiger partial charge < -0.3 is 24.7 Å². The highest BCUT2D eigenvalue weighted by atomic mass is 35.5. The molecule has 2 fully saturated rings. The number of ether oxygens (including phenoxy) is 2. The number of halogens is 1. The maximum Gasteiger partial charge on any atom is 0.247 e. The number of rotatable bonds is 4. The molecular formula is C26H32ClN5O4. The molecule has 2 aromatic heterocycles. The number of benzene rings is 1. The molecule has 0 unspecified atom stereocenters. The molecule has 0 aliphatic carbocycles. The van der Waals surface area contributed by atoms with E-state index in [9.17, 15) is 9.59 Å². The van der Waals surface area contributed by atoms with E-state index >= 15 is 0 Å². The van der Waals surface area contributed by atoms with Crippen LogP contribution in [0.25, 0.3) is 21.8 Å². The molecule has 192 valence electrons. The Morgan fingerprint density at radius 2 is 1.97 bits per heavy atom. The molecule has 10 heteroatoms. The summed E-state index contributed by atoms with van der Waals surface area (Å²) in [5.41, 5.74) is 1.73. The van der Waals surface area contributed by atoms with E-state index in [2.05, 4.69) is 15.3 Å². The van der Waals surface area contributed by atoms with Gasteiger partial charge in [-0.1, -0.05) is 11.6 Å². The average Bonchev–Trinajstić information content (AvgIpc) is 3.19. The first kappa shape index (κ1) is 25.0. The number of carbonyl (C=O) groups excluding carboxylic acids is 2. The normalized spacial score (nSPS) is 24.2. The van der Waals surface area contributed by atoms with E-state index in [1.165, 1.54) is 4.90 Å². The van der Waals surface area contributed by atoms with E-state index in [-0.39, 0.29) is 42.8 Å². The number of H-pyrrole nitrogens is 1. The first-order valence-corrected chi connectivity index (χ1v) is 12.7. The topological polar surface area (TPSA) is 99.8 Å². The van der Waals surface area contributed by atoms with Gasteiger partial charge in [-0.3, -0.25) is 19.5 Å². The molecule has 2 saturated heterocycles. The first-order valence-electron chi connectivity index (χ1n) is 12.3. The molecule has 4 heterocycles. The number of aromatic amines is 1. The summed E-state index contributed by atoms with van der Waals surface area (Å²) >= 11 is 6.56. The van der Waals surface area contributed by atoms with Crippen LogP contribution in [0.1, 0.15) is 27.7 Å². The minimum Gasteiger partial charge on any atom is -0.372 e. The molecule has 0 bridgehead atoms. The summed E-state index contributed by atoms with van der Waals surface area (Å²) in [4.78, 5) is 38.4. The van der Waals surface area contributed by atoms with Crippen LogP contribution in [-0.4, -0.2) is 83.3 Å². The second-order valence-corrected chi connectivity index (χ2v) is 10.8. The number of morpholine rings is 2. The Hall–Kier alpha value is -2.72. The fourth-order valence-electron chi connectivity index (χ4n) is 5.05. The molecule has 3 aromatic rings. The molecule has 5 rings (SSSR count). The van der Waals surface area contributed by atoms with Gasteiger partial charge in [-0.05, 0) is 45.9 Å². The van der Waals surface area contributed by atoms with Crippen molar-refractivity contribution in [1.29, 1.82) is 0 Å². The largest absolute Gasteiger partial charge is 0.372 e. The third kappa shape index (κ3) is 4.93. The molecule has 2 aliphatic rings. The second-order valence-electron chi connectivity index (χ2n) is 10.4. The number of hydrogen-bond acceptors (Lipinski definition) is 6. The van der Waals surface area contributed by atoms with Crippen molar-refractivity contribution in [2.75, 3.05) is 37.7 Å². The lowest BCUT2D eigenvalue weighted by molar-refractivity contribution is -0.143. The summed E-state index contributed by atoms with van der Waals surface area (Å²) in [5.74, 6) is -0.387. The molecule has 3 atom stereocenters. The zero-order chi connectivity index (χ0) is 25.6. The minimum absolute atomic E-state index is 0.0726. The van der Waals surface area contributed by atoms with Crippen LogP contribution in [0.5, 0.6) is 0 Å². The Bertz CT molecular complexity index is 1290. The highest BCUT2D eigenvalue weighted by molar-refractivity contribution is 6.33. The molecule has 36 heavy (non-hydrogen) atoms. The third-order valence-corrected chi connectivity index (χ3v) is 7.01. The SMILES string of the molecule is C[C@@H]1CN(C(=O)CN(C(=O)[C@@H]2COC(C)(C)CN2)c2cc(Cl)cc3c2[nH]c2cnccc23)C[C@H](C)O1. The number of amides is 2. The molecule has 0 saturated carbocycles. The number of nitrogens with zero attached hydrogens (tertiary/aromatic N) is 3. The van der Waals surface area contributed by atoms with E-state index in [4.69, 9.17) is 21.1 Å². The summed E-state index contributed by atoms with van der Waals surface area (Å²) in [7, 11) is 0. The molecule has 9 nitrogen and oxygen atoms in total. The van der Waals surface area contributed by atoms with Crippen LogP contribution in [0.2, 0.25) is 5.02 Å². The van der Waals surface area contributed by atoms with Crippen LogP contribution in [0.4, 0.5) is 5.69 Å². The fraction of sp³-hybridized carbons (Fsp3) is 0.500. The van der Waals surface area contributed by atoms with Crippen molar-refractivity contribution in [1.82, 2.24) is 20.2 Å². The van der Waals surface area contributed by atoms with E-state index in [0.717, 1.165) is 21.8 Å². The van der Waals surface area contributed by atoms with Gasteiger partial charge in [0.05, 0.1) is 47.3 Å². The van der Waals surface area contributed by atoms with E-state index in [1.54, 1.807) is 23.4 Å². The van der Waals surface area contributed by atoms with Gasteiger partial charge in [0, 0.05) is 41.6 Å². The zero-order valence-electron chi connectivity index (χ0n) is 21.0. The lowest BCUT2D eigenvalue weighted by Gasteiger charge is -2.39. The fourth-order valence-corrected chi connectivity index (χ4v) is 5.26. The quantitative estimate of drug-likeness (QED) is 0.556. The summed E-state index contributed by atoms with van der Waals surface area (Å²) in [6, 6.07) is 4.91. The Labute approximate surface area is 215 Å². The maximum atomic E-state index is 13.9. The van der Waals surface area contributed by atoms with Crippen LogP contribution in [0.15, 0.2) is 30.6 Å². The highest BCUT2D eigenvalue weighted by Gasteiger charge is 2.36. The predicted octanol–water partition coefficient (Wildman–Crippen LogP) is 3.11. The minimum atomic E-state index is -0.589. The van der Waals surface area contributed by atoms with Gasteiger partial charge in [0.15, 0.2) is 0 Å². The smallest absolute Gasteiger partial charge is 0.247 e. The summed E-state index contributed by atoms with van der Waals surface area (Å²) in [6.45, 7) is 9.41. The van der Waals surface area contributed by atoms with Crippen LogP contribution in [-0.2, 0) is 19.1 Å². The van der Waals surface area contributed by atoms with Crippen molar-refractivity contribution >= 4 is 50.9 Å². The molecule has 2 N–H and O–H groups in total. The van der Waals surface area contributed by atoms with Gasteiger partial charge in [0.1, 0.15) is 12.6 Å². The number of fused-ring (bicyclic) bond motifs is 3. The lowest BCUT2D eigenvalue weighted by atomic mass is 10.1. The van der Waals surface area contributed by atoms with Crippen molar-refractivity contribution in [3.8, 4) is 0 Å². The summed E-state index contributed by atoms with van der Waals surface area (Å²) < 4.78 is 11.7. The Balaban J connectivity index is 1.54. The zero-order valence-corrected chi connectivity index (χ0v) is 21.8. The van der Waals surface area contributed by atoms with Crippen molar-refractivity contribution in [2.24, 2.45) is 0 Å². The Morgan fingerprint density at radius 1 is 1.22 bits per heavy atom. The predicted molar refractivity (Wildman–Crippen MR) is 139 cm³/mol. The van der Waals surface area contributed by atoms with Gasteiger partial charge in [-0.15, -0.1) is 0 Å². The summed E-state index contributed by atoms with van der Waals surface area (Å²) in [6.07, 6.45) is 3.31. The first-order chi connectivity index (χ1) is 17.1. The molecule has 1 aromatic carbocycles. The second kappa shape index (κ2) is 9.63. The maximum absolute atomic E-state index is 13.9. The molecule has 0 radical (unpaired) electrons. The highest BCUT2D eigenvalue weighted by Crippen LogP contribution is 2.35. The van der Waals surface area contributed by atoms with E-state index < -0.39 is 6.04 Å². The lowest BCUT2D eigenvalue weighted by Crippen LogP contribution is -2.59. The van der Waals surface area contributed by atoms with Gasteiger partial charge in [0.2, 0.25) is 11.8 Å². The summed E-state index contributed by atoms with van der Waals surface area (Å²) in [5, 5.41) is 5.58. The van der Waals surface area contributed by atoms with Gasteiger partial charge in [0.25, 0.3) is 0 Å². The third-order valence-electron chi connectivity index (χ3n) is 6.79. The van der Waals surface area contributed by atoms with Crippen molar-refractivity contribution in [3.63, 3.8) is 0 Å². The molecule has 2 aliphatic heterocycles. The number of hydrogen-bond donors (Lipinski definition) is 2. The molecule has 0 spiro atoms. The van der Waals surface area contributed by atoms with E-state index in [1.807, 2.05) is 39.8 Å². The molecule has 2 amide bonds.